The molecular weight excluding hydrogens is 218 g/mol. The van der Waals surface area contributed by atoms with Gasteiger partial charge in [-0.2, -0.15) is 0 Å². The van der Waals surface area contributed by atoms with E-state index in [-0.39, 0.29) is 11.7 Å². The Kier molecular flexibility index (Phi) is 4.82. The number of amides is 1. The van der Waals surface area contributed by atoms with Crippen LogP contribution in [-0.4, -0.2) is 36.1 Å². The van der Waals surface area contributed by atoms with Crippen LogP contribution in [0.3, 0.4) is 0 Å². The molecule has 1 aromatic rings. The Morgan fingerprint density at radius 3 is 2.65 bits per heavy atom. The predicted molar refractivity (Wildman–Crippen MR) is 66.5 cm³/mol. The van der Waals surface area contributed by atoms with E-state index in [1.54, 1.807) is 17.0 Å². The van der Waals surface area contributed by atoms with Crippen molar-refractivity contribution in [3.63, 3.8) is 0 Å². The van der Waals surface area contributed by atoms with Crippen LogP contribution in [0.15, 0.2) is 18.2 Å². The number of benzene rings is 1. The Bertz CT molecular complexity index is 390. The normalized spacial score (nSPS) is 10.1. The average molecular weight is 237 g/mol. The van der Waals surface area contributed by atoms with E-state index in [0.29, 0.717) is 24.4 Å². The van der Waals surface area contributed by atoms with Crippen LogP contribution in [0.4, 0.5) is 0 Å². The fourth-order valence-corrected chi connectivity index (χ4v) is 1.66. The highest BCUT2D eigenvalue weighted by Crippen LogP contribution is 2.24. The second-order valence-corrected chi connectivity index (χ2v) is 3.77. The molecule has 1 rings (SSSR count). The van der Waals surface area contributed by atoms with Crippen LogP contribution in [0.5, 0.6) is 11.5 Å². The highest BCUT2D eigenvalue weighted by Gasteiger charge is 2.17. The number of carbonyl (C=O) groups is 1. The van der Waals surface area contributed by atoms with E-state index in [2.05, 4.69) is 0 Å². The summed E-state index contributed by atoms with van der Waals surface area (Å²) in [5.41, 5.74) is 0.291. The molecule has 0 aliphatic heterocycles. The minimum Gasteiger partial charge on any atom is -0.507 e. The first kappa shape index (κ1) is 13.4. The zero-order valence-corrected chi connectivity index (χ0v) is 10.6. The molecule has 0 saturated carbocycles. The van der Waals surface area contributed by atoms with Gasteiger partial charge in [0.15, 0.2) is 0 Å². The highest BCUT2D eigenvalue weighted by atomic mass is 16.5. The van der Waals surface area contributed by atoms with E-state index >= 15 is 0 Å². The second kappa shape index (κ2) is 6.13. The lowest BCUT2D eigenvalue weighted by Crippen LogP contribution is -2.31. The van der Waals surface area contributed by atoms with Crippen LogP contribution in [-0.2, 0) is 0 Å². The van der Waals surface area contributed by atoms with E-state index in [4.69, 9.17) is 4.74 Å². The molecule has 0 aliphatic carbocycles. The summed E-state index contributed by atoms with van der Waals surface area (Å²) in [6.07, 6.45) is 0.893. The van der Waals surface area contributed by atoms with E-state index in [9.17, 15) is 9.90 Å². The van der Waals surface area contributed by atoms with Gasteiger partial charge in [0.2, 0.25) is 0 Å². The third-order valence-electron chi connectivity index (χ3n) is 2.60. The molecule has 0 saturated heterocycles. The molecule has 17 heavy (non-hydrogen) atoms. The number of phenols is 1. The van der Waals surface area contributed by atoms with Crippen LogP contribution in [0, 0.1) is 0 Å². The molecule has 94 valence electrons. The fourth-order valence-electron chi connectivity index (χ4n) is 1.66. The largest absolute Gasteiger partial charge is 0.507 e. The lowest BCUT2D eigenvalue weighted by atomic mass is 10.1. The second-order valence-electron chi connectivity index (χ2n) is 3.77. The molecular formula is C13H19NO3. The summed E-state index contributed by atoms with van der Waals surface area (Å²) >= 11 is 0. The van der Waals surface area contributed by atoms with Gasteiger partial charge in [0.25, 0.3) is 5.91 Å². The average Bonchev–Trinajstić information content (AvgIpc) is 2.35. The van der Waals surface area contributed by atoms with Crippen molar-refractivity contribution < 1.29 is 14.6 Å². The van der Waals surface area contributed by atoms with Crippen molar-refractivity contribution in [3.8, 4) is 11.5 Å². The summed E-state index contributed by atoms with van der Waals surface area (Å²) in [5.74, 6) is 0.398. The first-order valence-corrected chi connectivity index (χ1v) is 5.80. The summed E-state index contributed by atoms with van der Waals surface area (Å²) in [6.45, 7) is 5.25. The smallest absolute Gasteiger partial charge is 0.257 e. The number of ether oxygens (including phenoxy) is 1. The molecule has 0 fully saturated rings. The molecule has 1 N–H and O–H groups in total. The van der Waals surface area contributed by atoms with Crippen LogP contribution in [0.1, 0.15) is 30.6 Å². The summed E-state index contributed by atoms with van der Waals surface area (Å²) in [6, 6.07) is 4.67. The van der Waals surface area contributed by atoms with Crippen LogP contribution < -0.4 is 4.74 Å². The topological polar surface area (TPSA) is 49.8 Å². The van der Waals surface area contributed by atoms with Gasteiger partial charge < -0.3 is 14.7 Å². The van der Waals surface area contributed by atoms with Crippen molar-refractivity contribution in [2.45, 2.75) is 20.3 Å². The molecule has 0 aromatic heterocycles. The Morgan fingerprint density at radius 2 is 2.12 bits per heavy atom. The van der Waals surface area contributed by atoms with Gasteiger partial charge in [0.1, 0.15) is 11.5 Å². The van der Waals surface area contributed by atoms with Gasteiger partial charge in [0, 0.05) is 13.1 Å². The zero-order valence-electron chi connectivity index (χ0n) is 10.6. The summed E-state index contributed by atoms with van der Waals surface area (Å²) in [5, 5.41) is 9.71. The molecule has 4 nitrogen and oxygen atoms in total. The van der Waals surface area contributed by atoms with Crippen molar-refractivity contribution in [1.29, 1.82) is 0 Å². The first-order chi connectivity index (χ1) is 8.13. The van der Waals surface area contributed by atoms with Gasteiger partial charge in [-0.3, -0.25) is 4.79 Å². The summed E-state index contributed by atoms with van der Waals surface area (Å²) in [7, 11) is 1.53. The molecule has 1 aromatic carbocycles. The maximum absolute atomic E-state index is 12.2. The molecule has 0 bridgehead atoms. The standard InChI is InChI=1S/C13H19NO3/c1-4-8-14(5-2)13(16)11-9-10(17-3)6-7-12(11)15/h6-7,9,15H,4-5,8H2,1-3H3. The van der Waals surface area contributed by atoms with Crippen LogP contribution in [0.25, 0.3) is 0 Å². The minimum absolute atomic E-state index is 0.00893. The van der Waals surface area contributed by atoms with E-state index < -0.39 is 0 Å². The van der Waals surface area contributed by atoms with Gasteiger partial charge in [-0.15, -0.1) is 0 Å². The fraction of sp³-hybridized carbons (Fsp3) is 0.462. The quantitative estimate of drug-likeness (QED) is 0.854. The molecule has 0 spiro atoms. The Hall–Kier alpha value is -1.71. The monoisotopic (exact) mass is 237 g/mol. The number of methoxy groups -OCH3 is 1. The van der Waals surface area contributed by atoms with Gasteiger partial charge in [-0.05, 0) is 31.5 Å². The lowest BCUT2D eigenvalue weighted by molar-refractivity contribution is 0.0761. The van der Waals surface area contributed by atoms with Gasteiger partial charge >= 0.3 is 0 Å². The number of rotatable bonds is 5. The summed E-state index contributed by atoms with van der Waals surface area (Å²) in [4.78, 5) is 13.9. The van der Waals surface area contributed by atoms with Crippen molar-refractivity contribution in [3.05, 3.63) is 23.8 Å². The van der Waals surface area contributed by atoms with Gasteiger partial charge in [-0.1, -0.05) is 6.92 Å². The van der Waals surface area contributed by atoms with Crippen LogP contribution in [0.2, 0.25) is 0 Å². The number of aromatic hydroxyl groups is 1. The van der Waals surface area contributed by atoms with E-state index in [1.165, 1.54) is 13.2 Å². The van der Waals surface area contributed by atoms with Crippen molar-refractivity contribution in [2.24, 2.45) is 0 Å². The zero-order chi connectivity index (χ0) is 12.8. The maximum Gasteiger partial charge on any atom is 0.257 e. The SMILES string of the molecule is CCCN(CC)C(=O)c1cc(OC)ccc1O. The third kappa shape index (κ3) is 3.12. The Morgan fingerprint density at radius 1 is 1.41 bits per heavy atom. The third-order valence-corrected chi connectivity index (χ3v) is 2.60. The van der Waals surface area contributed by atoms with Crippen molar-refractivity contribution in [1.82, 2.24) is 4.90 Å². The molecule has 0 atom stereocenters. The number of carbonyl (C=O) groups excluding carboxylic acids is 1. The van der Waals surface area contributed by atoms with Crippen molar-refractivity contribution in [2.75, 3.05) is 20.2 Å². The first-order valence-electron chi connectivity index (χ1n) is 5.80. The Balaban J connectivity index is 3.01. The van der Waals surface area contributed by atoms with E-state index in [0.717, 1.165) is 6.42 Å². The molecule has 0 unspecified atom stereocenters. The van der Waals surface area contributed by atoms with Crippen molar-refractivity contribution >= 4 is 5.91 Å². The maximum atomic E-state index is 12.2. The predicted octanol–water partition coefficient (Wildman–Crippen LogP) is 2.27. The molecule has 0 radical (unpaired) electrons. The number of phenolic OH excluding ortho intramolecular Hbond substituents is 1. The van der Waals surface area contributed by atoms with E-state index in [1.807, 2.05) is 13.8 Å². The molecule has 4 heteroatoms. The minimum atomic E-state index is -0.161. The van der Waals surface area contributed by atoms with Gasteiger partial charge in [0.05, 0.1) is 12.7 Å². The lowest BCUT2D eigenvalue weighted by Gasteiger charge is -2.20. The molecule has 1 amide bonds. The van der Waals surface area contributed by atoms with Gasteiger partial charge in [-0.25, -0.2) is 0 Å². The number of hydrogen-bond donors (Lipinski definition) is 1. The summed E-state index contributed by atoms with van der Waals surface area (Å²) < 4.78 is 5.05. The Labute approximate surface area is 102 Å². The molecule has 0 heterocycles. The number of hydrogen-bond acceptors (Lipinski definition) is 3. The van der Waals surface area contributed by atoms with Crippen LogP contribution >= 0.6 is 0 Å². The highest BCUT2D eigenvalue weighted by molar-refractivity contribution is 5.97. The number of nitrogens with zero attached hydrogens (tertiary/aromatic N) is 1. The molecule has 0 aliphatic rings.